The molecule has 5 rings (SSSR count). The van der Waals surface area contributed by atoms with E-state index in [1.54, 1.807) is 12.1 Å². The number of Topliss-reactive ketones (excluding diaryl/α,β-unsaturated/α-hetero) is 1. The van der Waals surface area contributed by atoms with E-state index in [1.807, 2.05) is 27.7 Å². The standard InChI is InChI=1S/C38H54ClN9O8/c1-7-11-25(29(49)33(52)41-23-15-16-23)42-31(50)26-18-24(56-27-17-14-22(39)19-40-27)20-48(26)34(53)30(38(2,3)4)44-32(51)28(21-12-9-8-10-13-21)43-35-45-36(54-5)47-37(46-35)55-6/h14,17,19,21,23-26,28,30H,7-13,15-16,18,20H2,1-6H3,(H,41,52)(H,42,50)(H,44,51)(H,43,45,46,47)/t24?,25-,26?,28?,30+/m1/s1. The number of pyridine rings is 1. The monoisotopic (exact) mass is 799 g/mol. The van der Waals surface area contributed by atoms with E-state index < -0.39 is 65.1 Å². The van der Waals surface area contributed by atoms with Crippen molar-refractivity contribution in [2.45, 2.75) is 128 Å². The number of aromatic nitrogens is 4. The van der Waals surface area contributed by atoms with Crippen LogP contribution in [0.1, 0.15) is 91.9 Å². The summed E-state index contributed by atoms with van der Waals surface area (Å²) in [5.74, 6) is -2.84. The van der Waals surface area contributed by atoms with Crippen molar-refractivity contribution in [1.82, 2.24) is 40.8 Å². The molecule has 3 unspecified atom stereocenters. The molecule has 17 nitrogen and oxygen atoms in total. The van der Waals surface area contributed by atoms with Crippen molar-refractivity contribution in [1.29, 1.82) is 0 Å². The highest BCUT2D eigenvalue weighted by atomic mass is 35.5. The van der Waals surface area contributed by atoms with Crippen LogP contribution in [0.2, 0.25) is 5.02 Å². The minimum Gasteiger partial charge on any atom is -0.472 e. The van der Waals surface area contributed by atoms with E-state index in [0.717, 1.165) is 44.9 Å². The van der Waals surface area contributed by atoms with Crippen molar-refractivity contribution < 1.29 is 38.2 Å². The first-order valence-corrected chi connectivity index (χ1v) is 19.7. The Morgan fingerprint density at radius 1 is 0.946 bits per heavy atom. The highest BCUT2D eigenvalue weighted by Gasteiger charge is 2.47. The molecule has 56 heavy (non-hydrogen) atoms. The van der Waals surface area contributed by atoms with Crippen LogP contribution in [-0.2, 0) is 24.0 Å². The van der Waals surface area contributed by atoms with Crippen molar-refractivity contribution in [2.75, 3.05) is 26.1 Å². The summed E-state index contributed by atoms with van der Waals surface area (Å²) in [6.07, 6.45) is 7.60. The van der Waals surface area contributed by atoms with Gasteiger partial charge in [-0.05, 0) is 49.5 Å². The molecule has 4 N–H and O–H groups in total. The van der Waals surface area contributed by atoms with Crippen LogP contribution in [0.4, 0.5) is 5.95 Å². The number of ether oxygens (including phenoxy) is 3. The fourth-order valence-electron chi connectivity index (χ4n) is 7.08. The molecule has 2 saturated carbocycles. The van der Waals surface area contributed by atoms with Gasteiger partial charge in [0.15, 0.2) is 0 Å². The summed E-state index contributed by atoms with van der Waals surface area (Å²) < 4.78 is 16.6. The fourth-order valence-corrected chi connectivity index (χ4v) is 7.19. The van der Waals surface area contributed by atoms with Crippen LogP contribution in [0.25, 0.3) is 0 Å². The summed E-state index contributed by atoms with van der Waals surface area (Å²) in [4.78, 5) is 87.6. The lowest BCUT2D eigenvalue weighted by Gasteiger charge is -2.37. The average Bonchev–Trinajstić information content (AvgIpc) is 3.90. The first-order valence-electron chi connectivity index (χ1n) is 19.3. The number of nitrogens with one attached hydrogen (secondary N) is 4. The number of ketones is 1. The zero-order valence-corrected chi connectivity index (χ0v) is 33.7. The third-order valence-electron chi connectivity index (χ3n) is 10.2. The zero-order chi connectivity index (χ0) is 40.6. The molecule has 2 aromatic rings. The lowest BCUT2D eigenvalue weighted by molar-refractivity contribution is -0.145. The van der Waals surface area contributed by atoms with Gasteiger partial charge in [-0.3, -0.25) is 24.0 Å². The van der Waals surface area contributed by atoms with Gasteiger partial charge in [-0.15, -0.1) is 4.98 Å². The van der Waals surface area contributed by atoms with Crippen molar-refractivity contribution in [2.24, 2.45) is 11.3 Å². The number of nitrogens with zero attached hydrogens (tertiary/aromatic N) is 5. The van der Waals surface area contributed by atoms with Gasteiger partial charge in [0.25, 0.3) is 5.91 Å². The first-order chi connectivity index (χ1) is 26.7. The van der Waals surface area contributed by atoms with Crippen LogP contribution in [-0.4, -0.2) is 111 Å². The fraction of sp³-hybridized carbons (Fsp3) is 0.658. The Morgan fingerprint density at radius 3 is 2.20 bits per heavy atom. The lowest BCUT2D eigenvalue weighted by atomic mass is 9.82. The molecule has 0 spiro atoms. The molecule has 0 bridgehead atoms. The Labute approximate surface area is 332 Å². The van der Waals surface area contributed by atoms with E-state index in [9.17, 15) is 24.0 Å². The average molecular weight is 800 g/mol. The molecule has 5 atom stereocenters. The predicted octanol–water partition coefficient (Wildman–Crippen LogP) is 3.01. The van der Waals surface area contributed by atoms with E-state index in [4.69, 9.17) is 25.8 Å². The number of rotatable bonds is 17. The van der Waals surface area contributed by atoms with Crippen molar-refractivity contribution in [3.8, 4) is 17.9 Å². The molecule has 0 radical (unpaired) electrons. The summed E-state index contributed by atoms with van der Waals surface area (Å²) in [7, 11) is 2.81. The van der Waals surface area contributed by atoms with Crippen molar-refractivity contribution in [3.05, 3.63) is 23.4 Å². The number of anilines is 1. The van der Waals surface area contributed by atoms with Crippen LogP contribution in [0.5, 0.6) is 17.9 Å². The second kappa shape index (κ2) is 18.9. The third-order valence-corrected chi connectivity index (χ3v) is 10.5. The zero-order valence-electron chi connectivity index (χ0n) is 32.9. The van der Waals surface area contributed by atoms with Gasteiger partial charge in [-0.1, -0.05) is 65.0 Å². The number of carbonyl (C=O) groups is 5. The van der Waals surface area contributed by atoms with Gasteiger partial charge in [0.1, 0.15) is 24.2 Å². The molecular weight excluding hydrogens is 746 g/mol. The van der Waals surface area contributed by atoms with Gasteiger partial charge < -0.3 is 40.4 Å². The number of hydrogen-bond acceptors (Lipinski definition) is 13. The summed E-state index contributed by atoms with van der Waals surface area (Å²) >= 11 is 6.03. The molecule has 0 aromatic carbocycles. The molecule has 1 saturated heterocycles. The number of halogens is 1. The Hall–Kier alpha value is -4.80. The van der Waals surface area contributed by atoms with Gasteiger partial charge in [0.05, 0.1) is 31.8 Å². The van der Waals surface area contributed by atoms with Crippen LogP contribution < -0.4 is 35.5 Å². The van der Waals surface area contributed by atoms with E-state index >= 15 is 0 Å². The Balaban J connectivity index is 1.41. The summed E-state index contributed by atoms with van der Waals surface area (Å²) in [5, 5.41) is 12.1. The van der Waals surface area contributed by atoms with Crippen molar-refractivity contribution >= 4 is 47.0 Å². The molecule has 3 heterocycles. The highest BCUT2D eigenvalue weighted by Crippen LogP contribution is 2.31. The summed E-state index contributed by atoms with van der Waals surface area (Å²) in [6, 6.07) is -0.961. The van der Waals surface area contributed by atoms with Crippen LogP contribution in [0.15, 0.2) is 18.3 Å². The molecule has 306 valence electrons. The van der Waals surface area contributed by atoms with E-state index in [-0.39, 0.29) is 55.2 Å². The SMILES string of the molecule is CCC[C@@H](NC(=O)C1CC(Oc2ccc(Cl)cn2)CN1C(=O)[C@H](NC(=O)C(Nc1nc(OC)nc(OC)n1)C1CCCCC1)C(C)(C)C)C(=O)C(=O)NC1CC1. The smallest absolute Gasteiger partial charge is 0.324 e. The van der Waals surface area contributed by atoms with Gasteiger partial charge in [-0.25, -0.2) is 4.98 Å². The Morgan fingerprint density at radius 2 is 1.62 bits per heavy atom. The molecule has 4 amide bonds. The maximum Gasteiger partial charge on any atom is 0.324 e. The van der Waals surface area contributed by atoms with Gasteiger partial charge in [0, 0.05) is 24.7 Å². The molecular formula is C38H54ClN9O8. The van der Waals surface area contributed by atoms with Crippen molar-refractivity contribution in [3.63, 3.8) is 0 Å². The maximum absolute atomic E-state index is 14.8. The third kappa shape index (κ3) is 11.2. The minimum absolute atomic E-state index is 0.000224. The molecule has 18 heteroatoms. The van der Waals surface area contributed by atoms with E-state index in [1.165, 1.54) is 25.3 Å². The second-order valence-corrected chi connectivity index (χ2v) is 16.2. The van der Waals surface area contributed by atoms with E-state index in [0.29, 0.717) is 11.4 Å². The Kier molecular flexibility index (Phi) is 14.3. The van der Waals surface area contributed by atoms with Crippen LogP contribution >= 0.6 is 11.6 Å². The molecule has 3 aliphatic rings. The summed E-state index contributed by atoms with van der Waals surface area (Å²) in [5.41, 5.74) is -0.831. The highest BCUT2D eigenvalue weighted by molar-refractivity contribution is 6.38. The molecule has 2 aliphatic carbocycles. The van der Waals surface area contributed by atoms with Crippen LogP contribution in [0.3, 0.4) is 0 Å². The topological polar surface area (TPSA) is 216 Å². The van der Waals surface area contributed by atoms with Crippen LogP contribution in [0, 0.1) is 11.3 Å². The number of amides is 4. The normalized spacial score (nSPS) is 20.2. The largest absolute Gasteiger partial charge is 0.472 e. The number of methoxy groups -OCH3 is 2. The number of carbonyl (C=O) groups excluding carboxylic acids is 5. The Bertz CT molecular complexity index is 1690. The quantitative estimate of drug-likeness (QED) is 0.170. The molecule has 2 aromatic heterocycles. The molecule has 1 aliphatic heterocycles. The number of hydrogen-bond donors (Lipinski definition) is 4. The lowest BCUT2D eigenvalue weighted by Crippen LogP contribution is -2.61. The van der Waals surface area contributed by atoms with Gasteiger partial charge in [-0.2, -0.15) is 9.97 Å². The first kappa shape index (κ1) is 42.3. The van der Waals surface area contributed by atoms with Gasteiger partial charge in [0.2, 0.25) is 35.3 Å². The predicted molar refractivity (Wildman–Crippen MR) is 205 cm³/mol. The van der Waals surface area contributed by atoms with E-state index in [2.05, 4.69) is 41.2 Å². The second-order valence-electron chi connectivity index (χ2n) is 15.7. The minimum atomic E-state index is -1.11. The summed E-state index contributed by atoms with van der Waals surface area (Å²) in [6.45, 7) is 7.30. The maximum atomic E-state index is 14.8. The molecule has 3 fully saturated rings. The number of likely N-dealkylation sites (tertiary alicyclic amines) is 1. The van der Waals surface area contributed by atoms with Gasteiger partial charge >= 0.3 is 12.0 Å².